The molecule has 0 saturated carbocycles. The summed E-state index contributed by atoms with van der Waals surface area (Å²) in [7, 11) is 2.43. The topological polar surface area (TPSA) is 113 Å². The fourth-order valence-corrected chi connectivity index (χ4v) is 3.28. The average Bonchev–Trinajstić information content (AvgIpc) is 3.01. The monoisotopic (exact) mass is 412 g/mol. The molecular formula is C21H20N2O7. The fourth-order valence-electron chi connectivity index (χ4n) is 3.28. The number of benzene rings is 1. The van der Waals surface area contributed by atoms with Crippen LogP contribution in [-0.2, 0) is 28.7 Å². The first-order valence-electron chi connectivity index (χ1n) is 9.05. The van der Waals surface area contributed by atoms with Gasteiger partial charge in [0.15, 0.2) is 0 Å². The maximum atomic E-state index is 12.4. The quantitative estimate of drug-likeness (QED) is 0.726. The molecule has 1 unspecified atom stereocenters. The minimum absolute atomic E-state index is 0.0229. The van der Waals surface area contributed by atoms with E-state index in [1.165, 1.54) is 30.1 Å². The third-order valence-electron chi connectivity index (χ3n) is 4.80. The smallest absolute Gasteiger partial charge is 0.355 e. The summed E-state index contributed by atoms with van der Waals surface area (Å²) in [5.74, 6) is -3.44. The van der Waals surface area contributed by atoms with Crippen LogP contribution in [0.2, 0.25) is 0 Å². The highest BCUT2D eigenvalue weighted by Gasteiger charge is 2.35. The van der Waals surface area contributed by atoms with Gasteiger partial charge in [0, 0.05) is 30.5 Å². The van der Waals surface area contributed by atoms with Gasteiger partial charge in [-0.15, -0.1) is 0 Å². The number of esters is 2. The zero-order valence-corrected chi connectivity index (χ0v) is 16.4. The van der Waals surface area contributed by atoms with Crippen LogP contribution in [0.5, 0.6) is 0 Å². The molecule has 2 heterocycles. The minimum atomic E-state index is -1.01. The summed E-state index contributed by atoms with van der Waals surface area (Å²) >= 11 is 0. The number of carboxylic acid groups (broad SMARTS) is 1. The maximum absolute atomic E-state index is 12.4. The molecule has 1 fully saturated rings. The van der Waals surface area contributed by atoms with Gasteiger partial charge < -0.3 is 24.4 Å². The number of aliphatic carboxylic acids is 1. The Hall–Kier alpha value is -3.88. The Bertz CT molecular complexity index is 976. The minimum Gasteiger partial charge on any atom is -0.481 e. The summed E-state index contributed by atoms with van der Waals surface area (Å²) in [5.41, 5.74) is 1.07. The summed E-state index contributed by atoms with van der Waals surface area (Å²) in [6.07, 6.45) is 6.25. The first kappa shape index (κ1) is 20.8. The summed E-state index contributed by atoms with van der Waals surface area (Å²) in [6, 6.07) is 6.61. The number of carbonyl (C=O) groups is 4. The maximum Gasteiger partial charge on any atom is 0.355 e. The SMILES string of the molecule is COC(=O)C1=C(C(=O)OC)N(c2ccc(N3CC(C(=O)O)CC3=O)cc2)C=CC=C1. The number of rotatable bonds is 5. The van der Waals surface area contributed by atoms with E-state index in [1.54, 1.807) is 42.6 Å². The summed E-state index contributed by atoms with van der Waals surface area (Å²) in [4.78, 5) is 50.9. The Balaban J connectivity index is 1.96. The van der Waals surface area contributed by atoms with Crippen molar-refractivity contribution in [3.63, 3.8) is 0 Å². The Morgan fingerprint density at radius 2 is 1.63 bits per heavy atom. The zero-order chi connectivity index (χ0) is 21.8. The number of hydrogen-bond acceptors (Lipinski definition) is 7. The number of carboxylic acids is 1. The molecule has 156 valence electrons. The van der Waals surface area contributed by atoms with E-state index in [2.05, 4.69) is 0 Å². The summed E-state index contributed by atoms with van der Waals surface area (Å²) in [6.45, 7) is 0.0981. The number of methoxy groups -OCH3 is 2. The predicted molar refractivity (Wildman–Crippen MR) is 106 cm³/mol. The van der Waals surface area contributed by atoms with E-state index in [1.807, 2.05) is 0 Å². The standard InChI is InChI=1S/C21H20N2O7/c1-29-20(27)16-5-3-4-10-22(18(16)21(28)30-2)14-6-8-15(9-7-14)23-12-13(19(25)26)11-17(23)24/h3-10,13H,11-12H2,1-2H3,(H,25,26). The van der Waals surface area contributed by atoms with Crippen LogP contribution >= 0.6 is 0 Å². The number of amides is 1. The Kier molecular flexibility index (Phi) is 6.01. The van der Waals surface area contributed by atoms with Crippen LogP contribution in [0.4, 0.5) is 11.4 Å². The first-order valence-corrected chi connectivity index (χ1v) is 9.05. The molecule has 1 aromatic rings. The van der Waals surface area contributed by atoms with Crippen molar-refractivity contribution < 1.29 is 33.8 Å². The van der Waals surface area contributed by atoms with Crippen LogP contribution in [0.15, 0.2) is 60.0 Å². The summed E-state index contributed by atoms with van der Waals surface area (Å²) < 4.78 is 9.63. The van der Waals surface area contributed by atoms with Crippen molar-refractivity contribution in [1.29, 1.82) is 0 Å². The summed E-state index contributed by atoms with van der Waals surface area (Å²) in [5, 5.41) is 9.15. The van der Waals surface area contributed by atoms with E-state index in [9.17, 15) is 19.2 Å². The van der Waals surface area contributed by atoms with E-state index >= 15 is 0 Å². The van der Waals surface area contributed by atoms with E-state index in [4.69, 9.17) is 14.6 Å². The second kappa shape index (κ2) is 8.64. The average molecular weight is 412 g/mol. The number of hydrogen-bond donors (Lipinski definition) is 1. The van der Waals surface area contributed by atoms with Gasteiger partial charge in [0.1, 0.15) is 5.70 Å². The third kappa shape index (κ3) is 3.95. The predicted octanol–water partition coefficient (Wildman–Crippen LogP) is 1.61. The van der Waals surface area contributed by atoms with Crippen LogP contribution in [-0.4, -0.2) is 49.7 Å². The lowest BCUT2D eigenvalue weighted by Crippen LogP contribution is -2.27. The number of allylic oxidation sites excluding steroid dienone is 2. The van der Waals surface area contributed by atoms with Crippen LogP contribution in [0.3, 0.4) is 0 Å². The molecule has 1 aromatic carbocycles. The van der Waals surface area contributed by atoms with Crippen molar-refractivity contribution in [1.82, 2.24) is 0 Å². The molecule has 9 heteroatoms. The molecule has 0 aliphatic carbocycles. The lowest BCUT2D eigenvalue weighted by molar-refractivity contribution is -0.141. The normalized spacial score (nSPS) is 18.5. The third-order valence-corrected chi connectivity index (χ3v) is 4.80. The highest BCUT2D eigenvalue weighted by molar-refractivity contribution is 6.05. The molecule has 0 radical (unpaired) electrons. The Morgan fingerprint density at radius 3 is 2.20 bits per heavy atom. The molecule has 1 N–H and O–H groups in total. The second-order valence-corrected chi connectivity index (χ2v) is 6.58. The first-order chi connectivity index (χ1) is 14.4. The van der Waals surface area contributed by atoms with Crippen molar-refractivity contribution in [2.24, 2.45) is 5.92 Å². The molecule has 9 nitrogen and oxygen atoms in total. The molecule has 30 heavy (non-hydrogen) atoms. The fraction of sp³-hybridized carbons (Fsp3) is 0.238. The molecular weight excluding hydrogens is 392 g/mol. The molecule has 3 rings (SSSR count). The van der Waals surface area contributed by atoms with E-state index in [0.717, 1.165) is 0 Å². The van der Waals surface area contributed by atoms with Gasteiger partial charge >= 0.3 is 17.9 Å². The van der Waals surface area contributed by atoms with Gasteiger partial charge in [-0.25, -0.2) is 9.59 Å². The molecule has 0 bridgehead atoms. The molecule has 1 amide bonds. The number of carbonyl (C=O) groups excluding carboxylic acids is 3. The number of nitrogens with zero attached hydrogens (tertiary/aromatic N) is 2. The zero-order valence-electron chi connectivity index (χ0n) is 16.4. The van der Waals surface area contributed by atoms with Crippen LogP contribution in [0.25, 0.3) is 0 Å². The van der Waals surface area contributed by atoms with E-state index < -0.39 is 23.8 Å². The molecule has 1 saturated heterocycles. The van der Waals surface area contributed by atoms with Crippen LogP contribution in [0.1, 0.15) is 6.42 Å². The molecule has 0 spiro atoms. The highest BCUT2D eigenvalue weighted by atomic mass is 16.5. The van der Waals surface area contributed by atoms with E-state index in [0.29, 0.717) is 11.4 Å². The van der Waals surface area contributed by atoms with Crippen molar-refractivity contribution in [2.75, 3.05) is 30.6 Å². The van der Waals surface area contributed by atoms with Gasteiger partial charge in [-0.05, 0) is 36.4 Å². The second-order valence-electron chi connectivity index (χ2n) is 6.58. The highest BCUT2D eigenvalue weighted by Crippen LogP contribution is 2.30. The Labute approximate surface area is 172 Å². The van der Waals surface area contributed by atoms with Crippen molar-refractivity contribution in [3.8, 4) is 0 Å². The molecule has 2 aliphatic heterocycles. The van der Waals surface area contributed by atoms with Crippen molar-refractivity contribution in [2.45, 2.75) is 6.42 Å². The largest absolute Gasteiger partial charge is 0.481 e. The molecule has 1 atom stereocenters. The Morgan fingerprint density at radius 1 is 1.00 bits per heavy atom. The number of ether oxygens (including phenoxy) is 2. The van der Waals surface area contributed by atoms with Gasteiger partial charge in [0.25, 0.3) is 0 Å². The van der Waals surface area contributed by atoms with Gasteiger partial charge in [0.05, 0.1) is 25.7 Å². The van der Waals surface area contributed by atoms with Crippen LogP contribution in [0, 0.1) is 5.92 Å². The van der Waals surface area contributed by atoms with Gasteiger partial charge in [0.2, 0.25) is 5.91 Å². The number of anilines is 2. The van der Waals surface area contributed by atoms with Crippen LogP contribution < -0.4 is 9.80 Å². The van der Waals surface area contributed by atoms with Gasteiger partial charge in [-0.2, -0.15) is 0 Å². The van der Waals surface area contributed by atoms with Crippen molar-refractivity contribution in [3.05, 3.63) is 60.0 Å². The molecule has 0 aromatic heterocycles. The lowest BCUT2D eigenvalue weighted by atomic mass is 10.1. The molecule has 2 aliphatic rings. The van der Waals surface area contributed by atoms with Crippen molar-refractivity contribution >= 4 is 35.2 Å². The van der Waals surface area contributed by atoms with Gasteiger partial charge in [-0.1, -0.05) is 6.08 Å². The van der Waals surface area contributed by atoms with Gasteiger partial charge in [-0.3, -0.25) is 9.59 Å². The lowest BCUT2D eigenvalue weighted by Gasteiger charge is -2.24. The van der Waals surface area contributed by atoms with E-state index in [-0.39, 0.29) is 30.1 Å².